The molecule has 2 aliphatic rings. The van der Waals surface area contributed by atoms with Crippen molar-refractivity contribution >= 4 is 11.6 Å². The second kappa shape index (κ2) is 4.37. The van der Waals surface area contributed by atoms with Crippen LogP contribution in [0.1, 0.15) is 38.1 Å². The van der Waals surface area contributed by atoms with E-state index in [0.29, 0.717) is 11.3 Å². The second-order valence-electron chi connectivity index (χ2n) is 6.83. The number of benzene rings is 1. The number of rotatable bonds is 2. The average molecular weight is 337 g/mol. The molecule has 0 spiro atoms. The molecule has 2 heterocycles. The highest BCUT2D eigenvalue weighted by molar-refractivity contribution is 6.06. The largest absolute Gasteiger partial charge is 0.420 e. The second-order valence-corrected chi connectivity index (χ2v) is 6.83. The summed E-state index contributed by atoms with van der Waals surface area (Å²) in [4.78, 5) is 12.0. The molecule has 1 aliphatic heterocycles. The highest BCUT2D eigenvalue weighted by Crippen LogP contribution is 2.58. The van der Waals surface area contributed by atoms with Gasteiger partial charge in [-0.15, -0.1) is 10.2 Å². The third kappa shape index (κ3) is 1.91. The third-order valence-electron chi connectivity index (χ3n) is 4.88. The quantitative estimate of drug-likeness (QED) is 0.910. The summed E-state index contributed by atoms with van der Waals surface area (Å²) < 4.78 is 44.7. The smallest absolute Gasteiger partial charge is 0.403 e. The Balaban J connectivity index is 1.70. The maximum atomic E-state index is 13.1. The van der Waals surface area contributed by atoms with Crippen molar-refractivity contribution in [3.8, 4) is 11.5 Å². The molecule has 1 fully saturated rings. The number of carbonyl (C=O) groups is 1. The molecule has 1 saturated carbocycles. The molecule has 126 valence electrons. The van der Waals surface area contributed by atoms with Crippen molar-refractivity contribution < 1.29 is 22.4 Å². The van der Waals surface area contributed by atoms with Crippen molar-refractivity contribution in [1.29, 1.82) is 0 Å². The van der Waals surface area contributed by atoms with Crippen LogP contribution in [0.3, 0.4) is 0 Å². The number of carbonyl (C=O) groups excluding carboxylic acids is 1. The number of anilines is 1. The Kier molecular flexibility index (Phi) is 2.76. The van der Waals surface area contributed by atoms with Crippen molar-refractivity contribution in [2.24, 2.45) is 0 Å². The number of alkyl halides is 3. The van der Waals surface area contributed by atoms with Crippen molar-refractivity contribution in [3.05, 3.63) is 29.7 Å². The van der Waals surface area contributed by atoms with E-state index in [4.69, 9.17) is 4.42 Å². The fourth-order valence-electron chi connectivity index (χ4n) is 3.00. The van der Waals surface area contributed by atoms with Crippen LogP contribution >= 0.6 is 0 Å². The predicted octanol–water partition coefficient (Wildman–Crippen LogP) is 3.56. The Labute approximate surface area is 135 Å². The van der Waals surface area contributed by atoms with E-state index in [0.717, 1.165) is 5.56 Å². The molecule has 1 N–H and O–H groups in total. The Morgan fingerprint density at radius 2 is 1.92 bits per heavy atom. The molecule has 1 aromatic carbocycles. The summed E-state index contributed by atoms with van der Waals surface area (Å²) in [5.74, 6) is -0.507. The Hall–Kier alpha value is -2.38. The highest BCUT2D eigenvalue weighted by Gasteiger charge is 2.68. The van der Waals surface area contributed by atoms with Crippen molar-refractivity contribution in [2.45, 2.75) is 43.7 Å². The maximum absolute atomic E-state index is 13.1. The summed E-state index contributed by atoms with van der Waals surface area (Å²) in [5.41, 5.74) is -0.736. The zero-order chi connectivity index (χ0) is 17.3. The van der Waals surface area contributed by atoms with Crippen LogP contribution < -0.4 is 5.32 Å². The summed E-state index contributed by atoms with van der Waals surface area (Å²) in [5, 5.41) is 10.1. The minimum absolute atomic E-state index is 0.0160. The van der Waals surface area contributed by atoms with E-state index in [-0.39, 0.29) is 24.6 Å². The highest BCUT2D eigenvalue weighted by atomic mass is 19.4. The Morgan fingerprint density at radius 1 is 1.21 bits per heavy atom. The van der Waals surface area contributed by atoms with Crippen molar-refractivity contribution in [3.63, 3.8) is 0 Å². The van der Waals surface area contributed by atoms with Gasteiger partial charge < -0.3 is 9.73 Å². The molecule has 1 amide bonds. The lowest BCUT2D eigenvalue weighted by molar-refractivity contribution is -0.165. The molecule has 0 bridgehead atoms. The van der Waals surface area contributed by atoms with Crippen LogP contribution in [-0.2, 0) is 15.6 Å². The van der Waals surface area contributed by atoms with Gasteiger partial charge in [-0.2, -0.15) is 13.2 Å². The molecule has 2 aromatic rings. The number of amides is 1. The van der Waals surface area contributed by atoms with Gasteiger partial charge in [-0.05, 0) is 44.4 Å². The van der Waals surface area contributed by atoms with Gasteiger partial charge in [-0.1, -0.05) is 6.07 Å². The number of hydrogen-bond acceptors (Lipinski definition) is 4. The first kappa shape index (κ1) is 15.2. The van der Waals surface area contributed by atoms with Crippen LogP contribution in [0.5, 0.6) is 0 Å². The molecule has 0 saturated heterocycles. The first-order chi connectivity index (χ1) is 11.1. The molecule has 4 rings (SSSR count). The van der Waals surface area contributed by atoms with E-state index in [1.807, 2.05) is 0 Å². The molecular formula is C16H14F3N3O2. The van der Waals surface area contributed by atoms with Crippen LogP contribution in [0.15, 0.2) is 22.6 Å². The van der Waals surface area contributed by atoms with E-state index in [1.54, 1.807) is 32.0 Å². The fourth-order valence-corrected chi connectivity index (χ4v) is 3.00. The topological polar surface area (TPSA) is 68.0 Å². The van der Waals surface area contributed by atoms with E-state index in [9.17, 15) is 18.0 Å². The van der Waals surface area contributed by atoms with Crippen molar-refractivity contribution in [1.82, 2.24) is 10.2 Å². The van der Waals surface area contributed by atoms with E-state index in [2.05, 4.69) is 15.5 Å². The molecule has 0 unspecified atom stereocenters. The minimum atomic E-state index is -4.40. The minimum Gasteiger partial charge on any atom is -0.420 e. The SMILES string of the molecule is CC1(C)C(=O)Nc2cc(-c3nnc(C4(C(F)(F)F)CC4)o3)ccc21. The lowest BCUT2D eigenvalue weighted by Gasteiger charge is -2.15. The van der Waals surface area contributed by atoms with Crippen LogP contribution in [0.2, 0.25) is 0 Å². The van der Waals surface area contributed by atoms with Crippen LogP contribution in [0.4, 0.5) is 18.9 Å². The fraction of sp³-hybridized carbons (Fsp3) is 0.438. The molecule has 1 aromatic heterocycles. The molecule has 8 heteroatoms. The number of aromatic nitrogens is 2. The van der Waals surface area contributed by atoms with Gasteiger partial charge in [0, 0.05) is 11.3 Å². The Morgan fingerprint density at radius 3 is 2.54 bits per heavy atom. The zero-order valence-electron chi connectivity index (χ0n) is 13.0. The summed E-state index contributed by atoms with van der Waals surface area (Å²) >= 11 is 0. The van der Waals surface area contributed by atoms with Gasteiger partial charge in [0.25, 0.3) is 0 Å². The van der Waals surface area contributed by atoms with Crippen molar-refractivity contribution in [2.75, 3.05) is 5.32 Å². The number of halogens is 3. The molecule has 1 aliphatic carbocycles. The molecule has 0 radical (unpaired) electrons. The van der Waals surface area contributed by atoms with Gasteiger partial charge in [-0.3, -0.25) is 4.79 Å². The Bertz CT molecular complexity index is 850. The van der Waals surface area contributed by atoms with Gasteiger partial charge in [0.15, 0.2) is 0 Å². The lowest BCUT2D eigenvalue weighted by Crippen LogP contribution is -2.28. The van der Waals surface area contributed by atoms with Crippen LogP contribution in [-0.4, -0.2) is 22.3 Å². The molecule has 0 atom stereocenters. The number of fused-ring (bicyclic) bond motifs is 1. The number of nitrogens with zero attached hydrogens (tertiary/aromatic N) is 2. The number of nitrogens with one attached hydrogen (secondary N) is 1. The molecule has 5 nitrogen and oxygen atoms in total. The molecular weight excluding hydrogens is 323 g/mol. The monoisotopic (exact) mass is 337 g/mol. The van der Waals surface area contributed by atoms with Gasteiger partial charge in [0.2, 0.25) is 17.7 Å². The van der Waals surface area contributed by atoms with Gasteiger partial charge in [0.05, 0.1) is 5.41 Å². The van der Waals surface area contributed by atoms with Gasteiger partial charge in [-0.25, -0.2) is 0 Å². The standard InChI is InChI=1S/C16H14F3N3O2/c1-14(2)9-4-3-8(7-10(9)20-12(14)23)11-21-22-13(24-11)15(5-6-15)16(17,18)19/h3-4,7H,5-6H2,1-2H3,(H,20,23). The van der Waals surface area contributed by atoms with E-state index >= 15 is 0 Å². The third-order valence-corrected chi connectivity index (χ3v) is 4.88. The zero-order valence-corrected chi connectivity index (χ0v) is 13.0. The summed E-state index contributed by atoms with van der Waals surface area (Å²) in [6, 6.07) is 5.07. The first-order valence-electron chi connectivity index (χ1n) is 7.52. The normalized spacial score (nSPS) is 20.6. The van der Waals surface area contributed by atoms with Gasteiger partial charge in [0.1, 0.15) is 5.41 Å². The maximum Gasteiger partial charge on any atom is 0.403 e. The summed E-state index contributed by atoms with van der Waals surface area (Å²) in [6.45, 7) is 3.61. The van der Waals surface area contributed by atoms with Crippen LogP contribution in [0, 0.1) is 0 Å². The number of hydrogen-bond donors (Lipinski definition) is 1. The predicted molar refractivity (Wildman–Crippen MR) is 78.4 cm³/mol. The summed E-state index contributed by atoms with van der Waals surface area (Å²) in [6.07, 6.45) is -4.47. The van der Waals surface area contributed by atoms with E-state index < -0.39 is 22.9 Å². The molecule has 24 heavy (non-hydrogen) atoms. The summed E-state index contributed by atoms with van der Waals surface area (Å²) in [7, 11) is 0. The van der Waals surface area contributed by atoms with E-state index in [1.165, 1.54) is 0 Å². The first-order valence-corrected chi connectivity index (χ1v) is 7.52. The average Bonchev–Trinajstić information content (AvgIpc) is 3.12. The van der Waals surface area contributed by atoms with Crippen LogP contribution in [0.25, 0.3) is 11.5 Å². The van der Waals surface area contributed by atoms with Gasteiger partial charge >= 0.3 is 6.18 Å². The lowest BCUT2D eigenvalue weighted by atomic mass is 9.86.